The van der Waals surface area contributed by atoms with Gasteiger partial charge in [-0.15, -0.1) is 0 Å². The van der Waals surface area contributed by atoms with Crippen LogP contribution in [-0.4, -0.2) is 36.4 Å². The van der Waals surface area contributed by atoms with Crippen molar-refractivity contribution in [1.82, 2.24) is 29.9 Å². The third-order valence-electron chi connectivity index (χ3n) is 2.46. The van der Waals surface area contributed by atoms with Crippen LogP contribution in [0.1, 0.15) is 5.69 Å². The van der Waals surface area contributed by atoms with Crippen LogP contribution in [-0.2, 0) is 6.42 Å². The molecule has 0 saturated carbocycles. The summed E-state index contributed by atoms with van der Waals surface area (Å²) in [6.45, 7) is 0.765. The Balaban J connectivity index is 1.70. The van der Waals surface area contributed by atoms with Gasteiger partial charge in [-0.2, -0.15) is 0 Å². The van der Waals surface area contributed by atoms with Crippen molar-refractivity contribution in [2.45, 2.75) is 6.42 Å². The van der Waals surface area contributed by atoms with E-state index in [9.17, 15) is 0 Å². The van der Waals surface area contributed by atoms with Crippen LogP contribution in [0.4, 0.5) is 5.82 Å². The van der Waals surface area contributed by atoms with Crippen LogP contribution in [0.3, 0.4) is 0 Å². The molecule has 0 aromatic carbocycles. The van der Waals surface area contributed by atoms with Crippen LogP contribution in [0.2, 0.25) is 0 Å². The summed E-state index contributed by atoms with van der Waals surface area (Å²) in [5, 5.41) is 3.23. The van der Waals surface area contributed by atoms with Gasteiger partial charge in [0.15, 0.2) is 11.5 Å². The molecule has 86 valence electrons. The van der Waals surface area contributed by atoms with E-state index in [1.807, 2.05) is 6.20 Å². The number of H-pyrrole nitrogens is 2. The van der Waals surface area contributed by atoms with E-state index < -0.39 is 0 Å². The summed E-state index contributed by atoms with van der Waals surface area (Å²) >= 11 is 0. The van der Waals surface area contributed by atoms with E-state index in [0.717, 1.165) is 35.6 Å². The highest BCUT2D eigenvalue weighted by Gasteiger charge is 2.04. The lowest BCUT2D eigenvalue weighted by Gasteiger charge is -2.04. The third-order valence-corrected chi connectivity index (χ3v) is 2.46. The van der Waals surface area contributed by atoms with Gasteiger partial charge in [0.1, 0.15) is 11.8 Å². The Labute approximate surface area is 96.7 Å². The molecule has 0 aliphatic heterocycles. The van der Waals surface area contributed by atoms with Gasteiger partial charge >= 0.3 is 0 Å². The van der Waals surface area contributed by atoms with Gasteiger partial charge in [-0.25, -0.2) is 19.9 Å². The second-order valence-corrected chi connectivity index (χ2v) is 3.58. The molecule has 0 amide bonds. The summed E-state index contributed by atoms with van der Waals surface area (Å²) in [7, 11) is 0. The van der Waals surface area contributed by atoms with Crippen molar-refractivity contribution in [2.24, 2.45) is 0 Å². The highest BCUT2D eigenvalue weighted by Crippen LogP contribution is 2.13. The topological polar surface area (TPSA) is 95.2 Å². The highest BCUT2D eigenvalue weighted by molar-refractivity contribution is 5.81. The minimum Gasteiger partial charge on any atom is -0.368 e. The van der Waals surface area contributed by atoms with Crippen LogP contribution in [0.5, 0.6) is 0 Å². The first-order chi connectivity index (χ1) is 8.43. The predicted molar refractivity (Wildman–Crippen MR) is 62.5 cm³/mol. The number of nitrogens with one attached hydrogen (secondary N) is 3. The van der Waals surface area contributed by atoms with Crippen LogP contribution in [0, 0.1) is 0 Å². The number of fused-ring (bicyclic) bond motifs is 1. The Hall–Kier alpha value is -2.44. The first-order valence-electron chi connectivity index (χ1n) is 5.28. The predicted octanol–water partition coefficient (Wildman–Crippen LogP) is 0.731. The standard InChI is InChI=1S/C10H11N7/c1(7-3-11-4-13-7)2-12-9-8-10(15-5-14-8)17-6-16-9/h3-6H,1-2H2,(H,11,13)(H2,12,14,15,16,17). The van der Waals surface area contributed by atoms with E-state index in [0.29, 0.717) is 0 Å². The van der Waals surface area contributed by atoms with Crippen molar-refractivity contribution >= 4 is 17.0 Å². The Morgan fingerprint density at radius 3 is 3.00 bits per heavy atom. The molecule has 0 unspecified atom stereocenters. The second-order valence-electron chi connectivity index (χ2n) is 3.58. The molecule has 3 aromatic heterocycles. The van der Waals surface area contributed by atoms with E-state index in [2.05, 4.69) is 35.2 Å². The van der Waals surface area contributed by atoms with Gasteiger partial charge < -0.3 is 15.3 Å². The summed E-state index contributed by atoms with van der Waals surface area (Å²) < 4.78 is 0. The van der Waals surface area contributed by atoms with Gasteiger partial charge in [0.25, 0.3) is 0 Å². The van der Waals surface area contributed by atoms with Gasteiger partial charge in [0.05, 0.1) is 12.7 Å². The summed E-state index contributed by atoms with van der Waals surface area (Å²) in [6, 6.07) is 0. The van der Waals surface area contributed by atoms with Gasteiger partial charge in [-0.05, 0) is 0 Å². The zero-order chi connectivity index (χ0) is 11.5. The zero-order valence-electron chi connectivity index (χ0n) is 9.01. The fourth-order valence-corrected chi connectivity index (χ4v) is 1.63. The molecule has 3 N–H and O–H groups in total. The summed E-state index contributed by atoms with van der Waals surface area (Å²) in [6.07, 6.45) is 7.46. The molecular formula is C10H11N7. The largest absolute Gasteiger partial charge is 0.368 e. The minimum absolute atomic E-state index is 0.740. The summed E-state index contributed by atoms with van der Waals surface area (Å²) in [5.74, 6) is 0.746. The number of imidazole rings is 2. The number of nitrogens with zero attached hydrogens (tertiary/aromatic N) is 4. The van der Waals surface area contributed by atoms with Crippen molar-refractivity contribution < 1.29 is 0 Å². The molecule has 0 spiro atoms. The van der Waals surface area contributed by atoms with Crippen LogP contribution < -0.4 is 5.32 Å². The van der Waals surface area contributed by atoms with Crippen molar-refractivity contribution in [3.63, 3.8) is 0 Å². The maximum absolute atomic E-state index is 4.17. The van der Waals surface area contributed by atoms with Crippen LogP contribution in [0.15, 0.2) is 25.2 Å². The molecule has 0 radical (unpaired) electrons. The monoisotopic (exact) mass is 229 g/mol. The molecular weight excluding hydrogens is 218 g/mol. The fourth-order valence-electron chi connectivity index (χ4n) is 1.63. The molecule has 3 rings (SSSR count). The Morgan fingerprint density at radius 1 is 1.12 bits per heavy atom. The highest BCUT2D eigenvalue weighted by atomic mass is 15.1. The van der Waals surface area contributed by atoms with E-state index in [4.69, 9.17) is 0 Å². The first-order valence-corrected chi connectivity index (χ1v) is 5.28. The van der Waals surface area contributed by atoms with E-state index in [1.54, 1.807) is 12.7 Å². The number of rotatable bonds is 4. The maximum atomic E-state index is 4.17. The minimum atomic E-state index is 0.740. The SMILES string of the molecule is c1nc(NCCc2cnc[nH]2)c2nc[nH]c2n1. The van der Waals surface area contributed by atoms with Crippen molar-refractivity contribution in [3.8, 4) is 0 Å². The van der Waals surface area contributed by atoms with Crippen molar-refractivity contribution in [2.75, 3.05) is 11.9 Å². The number of anilines is 1. The molecule has 0 fully saturated rings. The molecule has 0 saturated heterocycles. The zero-order valence-corrected chi connectivity index (χ0v) is 9.01. The normalized spacial score (nSPS) is 10.8. The lowest BCUT2D eigenvalue weighted by atomic mass is 10.3. The number of hydrogen-bond acceptors (Lipinski definition) is 5. The summed E-state index contributed by atoms with van der Waals surface area (Å²) in [5.41, 5.74) is 2.59. The molecule has 0 bridgehead atoms. The summed E-state index contributed by atoms with van der Waals surface area (Å²) in [4.78, 5) is 22.4. The van der Waals surface area contributed by atoms with E-state index >= 15 is 0 Å². The van der Waals surface area contributed by atoms with Gasteiger partial charge in [0, 0.05) is 24.9 Å². The lowest BCUT2D eigenvalue weighted by Crippen LogP contribution is -2.07. The van der Waals surface area contributed by atoms with Crippen LogP contribution in [0.25, 0.3) is 11.2 Å². The molecule has 0 aliphatic rings. The Bertz CT molecular complexity index is 598. The van der Waals surface area contributed by atoms with Crippen molar-refractivity contribution in [3.05, 3.63) is 30.9 Å². The molecule has 0 atom stereocenters. The van der Waals surface area contributed by atoms with Crippen molar-refractivity contribution in [1.29, 1.82) is 0 Å². The average molecular weight is 229 g/mol. The lowest BCUT2D eigenvalue weighted by molar-refractivity contribution is 0.967. The second kappa shape index (κ2) is 4.20. The first kappa shape index (κ1) is 9.76. The molecule has 7 heteroatoms. The average Bonchev–Trinajstić information content (AvgIpc) is 2.99. The maximum Gasteiger partial charge on any atom is 0.162 e. The quantitative estimate of drug-likeness (QED) is 0.613. The van der Waals surface area contributed by atoms with Gasteiger partial charge in [-0.1, -0.05) is 0 Å². The Morgan fingerprint density at radius 2 is 2.12 bits per heavy atom. The third kappa shape index (κ3) is 1.94. The van der Waals surface area contributed by atoms with E-state index in [-0.39, 0.29) is 0 Å². The molecule has 3 heterocycles. The molecule has 7 nitrogen and oxygen atoms in total. The Kier molecular flexibility index (Phi) is 2.41. The smallest absolute Gasteiger partial charge is 0.162 e. The van der Waals surface area contributed by atoms with Crippen LogP contribution >= 0.6 is 0 Å². The van der Waals surface area contributed by atoms with E-state index in [1.165, 1.54) is 6.33 Å². The molecule has 17 heavy (non-hydrogen) atoms. The molecule has 3 aromatic rings. The number of aromatic nitrogens is 6. The van der Waals surface area contributed by atoms with Gasteiger partial charge in [0.2, 0.25) is 0 Å². The number of hydrogen-bond donors (Lipinski definition) is 3. The van der Waals surface area contributed by atoms with Gasteiger partial charge in [-0.3, -0.25) is 0 Å². The molecule has 0 aliphatic carbocycles. The number of aromatic amines is 2. The fraction of sp³-hybridized carbons (Fsp3) is 0.200.